The van der Waals surface area contributed by atoms with E-state index in [0.29, 0.717) is 43.6 Å². The number of aromatic nitrogens is 8. The minimum Gasteiger partial charge on any atom is -0.365 e. The maximum absolute atomic E-state index is 4.26. The fourth-order valence-electron chi connectivity index (χ4n) is 3.31. The van der Waals surface area contributed by atoms with Crippen molar-refractivity contribution in [3.8, 4) is 0 Å². The van der Waals surface area contributed by atoms with Gasteiger partial charge in [-0.25, -0.2) is 0 Å². The van der Waals surface area contributed by atoms with Crippen molar-refractivity contribution >= 4 is 23.8 Å². The summed E-state index contributed by atoms with van der Waals surface area (Å²) < 4.78 is 2.17. The third kappa shape index (κ3) is 4.85. The van der Waals surface area contributed by atoms with Crippen LogP contribution >= 0.6 is 0 Å². The fraction of sp³-hybridized carbons (Fsp3) is 0.400. The molecular formula is C20H30N12. The normalized spacial score (nSPS) is 11.0. The molecule has 0 aliphatic carbocycles. The lowest BCUT2D eigenvalue weighted by Gasteiger charge is -2.17. The second-order valence-corrected chi connectivity index (χ2v) is 8.02. The highest BCUT2D eigenvalue weighted by Crippen LogP contribution is 2.15. The molecule has 4 aromatic heterocycles. The summed E-state index contributed by atoms with van der Waals surface area (Å²) in [6, 6.07) is 4.20. The van der Waals surface area contributed by atoms with E-state index in [1.54, 1.807) is 0 Å². The summed E-state index contributed by atoms with van der Waals surface area (Å²) >= 11 is 0. The molecule has 170 valence electrons. The van der Waals surface area contributed by atoms with Crippen molar-refractivity contribution in [2.45, 2.75) is 33.6 Å². The Morgan fingerprint density at radius 3 is 2.28 bits per heavy atom. The van der Waals surface area contributed by atoms with Crippen LogP contribution in [0.1, 0.15) is 22.5 Å². The quantitative estimate of drug-likeness (QED) is 0.254. The molecule has 0 aliphatic rings. The van der Waals surface area contributed by atoms with Crippen LogP contribution in [-0.2, 0) is 19.8 Å². The maximum atomic E-state index is 4.26. The molecule has 0 fully saturated rings. The van der Waals surface area contributed by atoms with E-state index in [2.05, 4.69) is 75.8 Å². The highest BCUT2D eigenvalue weighted by Gasteiger charge is 2.11. The number of rotatable bonds is 10. The first-order valence-corrected chi connectivity index (χ1v) is 10.4. The first kappa shape index (κ1) is 21.3. The van der Waals surface area contributed by atoms with Crippen LogP contribution in [0.4, 0.5) is 23.8 Å². The Bertz CT molecular complexity index is 1150. The van der Waals surface area contributed by atoms with Crippen LogP contribution in [0.15, 0.2) is 24.5 Å². The summed E-state index contributed by atoms with van der Waals surface area (Å²) in [5.41, 5.74) is 4.65. The molecule has 0 aliphatic heterocycles. The Kier molecular flexibility index (Phi) is 6.01. The molecule has 4 rings (SSSR count). The van der Waals surface area contributed by atoms with Gasteiger partial charge in [0.05, 0.1) is 6.67 Å². The molecule has 0 unspecified atom stereocenters. The van der Waals surface area contributed by atoms with Crippen LogP contribution in [0.25, 0.3) is 0 Å². The average Bonchev–Trinajstić information content (AvgIpc) is 3.53. The molecule has 0 saturated carbocycles. The predicted octanol–water partition coefficient (Wildman–Crippen LogP) is 2.05. The van der Waals surface area contributed by atoms with Gasteiger partial charge in [-0.05, 0) is 37.1 Å². The van der Waals surface area contributed by atoms with Gasteiger partial charge >= 0.3 is 0 Å². The van der Waals surface area contributed by atoms with E-state index < -0.39 is 0 Å². The monoisotopic (exact) mass is 438 g/mol. The van der Waals surface area contributed by atoms with Crippen molar-refractivity contribution in [2.75, 3.05) is 41.6 Å². The van der Waals surface area contributed by atoms with Crippen LogP contribution in [-0.4, -0.2) is 61.1 Å². The molecule has 12 nitrogen and oxygen atoms in total. The van der Waals surface area contributed by atoms with Crippen LogP contribution in [0, 0.1) is 13.8 Å². The zero-order valence-corrected chi connectivity index (χ0v) is 19.1. The minimum absolute atomic E-state index is 0.643. The first-order chi connectivity index (χ1) is 15.4. The third-order valence-corrected chi connectivity index (χ3v) is 5.24. The molecule has 0 aromatic carbocycles. The second kappa shape index (κ2) is 9.04. The number of hydrogen-bond acceptors (Lipinski definition) is 8. The van der Waals surface area contributed by atoms with E-state index in [0.717, 1.165) is 17.0 Å². The Labute approximate surface area is 186 Å². The van der Waals surface area contributed by atoms with Gasteiger partial charge in [0.1, 0.15) is 0 Å². The summed E-state index contributed by atoms with van der Waals surface area (Å²) in [4.78, 5) is 13.4. The van der Waals surface area contributed by atoms with Gasteiger partial charge in [-0.1, -0.05) is 0 Å². The summed E-state index contributed by atoms with van der Waals surface area (Å²) in [5, 5.41) is 23.2. The van der Waals surface area contributed by atoms with Crippen molar-refractivity contribution in [1.82, 2.24) is 39.9 Å². The SMILES string of the molecule is Cc1[nH]ccc1CNc1nnc(N(C)Cn2cc(CNc3nnc(N(C)C)[nH]3)cc2C)[nH]1. The third-order valence-electron chi connectivity index (χ3n) is 5.24. The molecule has 0 atom stereocenters. The molecular weight excluding hydrogens is 408 g/mol. The van der Waals surface area contributed by atoms with E-state index in [-0.39, 0.29) is 0 Å². The second-order valence-electron chi connectivity index (χ2n) is 8.02. The van der Waals surface area contributed by atoms with Gasteiger partial charge < -0.3 is 30.0 Å². The van der Waals surface area contributed by atoms with Crippen LogP contribution in [0.3, 0.4) is 0 Å². The van der Waals surface area contributed by atoms with Gasteiger partial charge in [-0.15, -0.1) is 20.4 Å². The zero-order valence-electron chi connectivity index (χ0n) is 19.1. The Hall–Kier alpha value is -3.96. The van der Waals surface area contributed by atoms with Gasteiger partial charge in [0.15, 0.2) is 0 Å². The number of nitrogens with zero attached hydrogens (tertiary/aromatic N) is 7. The molecule has 0 saturated heterocycles. The molecule has 32 heavy (non-hydrogen) atoms. The van der Waals surface area contributed by atoms with Crippen molar-refractivity contribution in [3.63, 3.8) is 0 Å². The van der Waals surface area contributed by atoms with Gasteiger partial charge in [0.2, 0.25) is 23.8 Å². The Balaban J connectivity index is 1.32. The number of aryl methyl sites for hydroxylation is 2. The summed E-state index contributed by atoms with van der Waals surface area (Å²) in [5.74, 6) is 2.70. The van der Waals surface area contributed by atoms with Crippen molar-refractivity contribution < 1.29 is 0 Å². The highest BCUT2D eigenvalue weighted by molar-refractivity contribution is 5.38. The lowest BCUT2D eigenvalue weighted by atomic mass is 10.2. The van der Waals surface area contributed by atoms with E-state index in [4.69, 9.17) is 0 Å². The Morgan fingerprint density at radius 2 is 1.62 bits per heavy atom. The largest absolute Gasteiger partial charge is 0.365 e. The van der Waals surface area contributed by atoms with Crippen LogP contribution in [0.2, 0.25) is 0 Å². The smallest absolute Gasteiger partial charge is 0.227 e. The van der Waals surface area contributed by atoms with Crippen molar-refractivity contribution in [2.24, 2.45) is 0 Å². The van der Waals surface area contributed by atoms with Crippen LogP contribution in [0.5, 0.6) is 0 Å². The molecule has 0 radical (unpaired) electrons. The standard InChI is InChI=1S/C20H30N12/c1-13-8-15(9-22-17-24-19(28-26-17)30(3)4)11-32(13)12-31(5)20-25-18(27-29-20)23-10-16-6-7-21-14(16)2/h6-8,11,21H,9-10,12H2,1-5H3,(H2,22,24,26,28)(H2,23,25,27,29). The number of anilines is 4. The lowest BCUT2D eigenvalue weighted by molar-refractivity contribution is 0.657. The molecule has 4 heterocycles. The number of aromatic amines is 3. The van der Waals surface area contributed by atoms with Gasteiger partial charge in [0, 0.05) is 58.0 Å². The Morgan fingerprint density at radius 1 is 0.938 bits per heavy atom. The average molecular weight is 439 g/mol. The van der Waals surface area contributed by atoms with Crippen molar-refractivity contribution in [3.05, 3.63) is 47.0 Å². The van der Waals surface area contributed by atoms with Crippen LogP contribution < -0.4 is 20.4 Å². The van der Waals surface area contributed by atoms with E-state index in [1.807, 2.05) is 44.1 Å². The highest BCUT2D eigenvalue weighted by atomic mass is 15.4. The lowest BCUT2D eigenvalue weighted by Crippen LogP contribution is -2.22. The molecule has 4 aromatic rings. The molecule has 0 amide bonds. The maximum Gasteiger partial charge on any atom is 0.227 e. The van der Waals surface area contributed by atoms with Crippen molar-refractivity contribution in [1.29, 1.82) is 0 Å². The van der Waals surface area contributed by atoms with Gasteiger partial charge in [-0.3, -0.25) is 9.97 Å². The zero-order chi connectivity index (χ0) is 22.7. The number of H-pyrrole nitrogens is 3. The minimum atomic E-state index is 0.643. The number of hydrogen-bond donors (Lipinski definition) is 5. The predicted molar refractivity (Wildman–Crippen MR) is 125 cm³/mol. The van der Waals surface area contributed by atoms with E-state index in [9.17, 15) is 0 Å². The van der Waals surface area contributed by atoms with Gasteiger partial charge in [-0.2, -0.15) is 0 Å². The number of nitrogens with one attached hydrogen (secondary N) is 5. The van der Waals surface area contributed by atoms with E-state index in [1.165, 1.54) is 5.56 Å². The summed E-state index contributed by atoms with van der Waals surface area (Å²) in [6.07, 6.45) is 4.05. The fourth-order valence-corrected chi connectivity index (χ4v) is 3.31. The molecule has 5 N–H and O–H groups in total. The van der Waals surface area contributed by atoms with Gasteiger partial charge in [0.25, 0.3) is 0 Å². The summed E-state index contributed by atoms with van der Waals surface area (Å²) in [7, 11) is 5.82. The first-order valence-electron chi connectivity index (χ1n) is 10.4. The summed E-state index contributed by atoms with van der Waals surface area (Å²) in [6.45, 7) is 6.11. The molecule has 12 heteroatoms. The molecule has 0 spiro atoms. The molecule has 0 bridgehead atoms. The topological polar surface area (TPSA) is 134 Å². The van der Waals surface area contributed by atoms with E-state index >= 15 is 0 Å².